The van der Waals surface area contributed by atoms with Crippen LogP contribution in [0.1, 0.15) is 45.1 Å². The van der Waals surface area contributed by atoms with Crippen LogP contribution in [0.25, 0.3) is 0 Å². The zero-order chi connectivity index (χ0) is 23.0. The lowest BCUT2D eigenvalue weighted by atomic mass is 9.68. The van der Waals surface area contributed by atoms with Gasteiger partial charge in [-0.2, -0.15) is 0 Å². The van der Waals surface area contributed by atoms with Crippen molar-refractivity contribution in [3.05, 3.63) is 82.5 Å². The Labute approximate surface area is 187 Å². The molecular weight excluding hydrogens is 407 g/mol. The van der Waals surface area contributed by atoms with Crippen LogP contribution in [0.2, 0.25) is 0 Å². The van der Waals surface area contributed by atoms with Gasteiger partial charge in [-0.05, 0) is 54.7 Å². The van der Waals surface area contributed by atoms with Gasteiger partial charge in [0, 0.05) is 40.6 Å². The van der Waals surface area contributed by atoms with Gasteiger partial charge >= 0.3 is 0 Å². The molecular formula is C26H27FN2O3. The number of anilines is 1. The number of ketones is 1. The molecule has 2 aromatic rings. The van der Waals surface area contributed by atoms with Gasteiger partial charge in [0.25, 0.3) is 5.91 Å². The average Bonchev–Trinajstić information content (AvgIpc) is 2.71. The van der Waals surface area contributed by atoms with Crippen LogP contribution in [-0.2, 0) is 9.59 Å². The lowest BCUT2D eigenvalue weighted by molar-refractivity contribution is -0.118. The van der Waals surface area contributed by atoms with Gasteiger partial charge in [-0.1, -0.05) is 32.0 Å². The van der Waals surface area contributed by atoms with Crippen LogP contribution in [0.5, 0.6) is 5.75 Å². The average molecular weight is 435 g/mol. The molecule has 1 atom stereocenters. The minimum absolute atomic E-state index is 0.0353. The summed E-state index contributed by atoms with van der Waals surface area (Å²) in [5.74, 6) is -0.593. The maximum atomic E-state index is 13.7. The molecule has 2 aromatic carbocycles. The van der Waals surface area contributed by atoms with Crippen molar-refractivity contribution in [1.29, 1.82) is 0 Å². The first-order valence-corrected chi connectivity index (χ1v) is 10.6. The van der Waals surface area contributed by atoms with E-state index in [0.29, 0.717) is 34.7 Å². The zero-order valence-electron chi connectivity index (χ0n) is 18.7. The van der Waals surface area contributed by atoms with E-state index in [0.717, 1.165) is 17.7 Å². The maximum absolute atomic E-state index is 13.7. The fraction of sp³-hybridized carbons (Fsp3) is 0.308. The third-order valence-corrected chi connectivity index (χ3v) is 6.02. The fourth-order valence-corrected chi connectivity index (χ4v) is 4.63. The molecule has 0 saturated heterocycles. The van der Waals surface area contributed by atoms with E-state index in [1.54, 1.807) is 19.2 Å². The Bertz CT molecular complexity index is 1150. The first-order chi connectivity index (χ1) is 15.2. The molecule has 166 valence electrons. The SMILES string of the molecule is COc1ccc([C@@H]2C(C(=O)Nc3cccc(F)c3)=C(C)NC3=C2C(=O)CC(C)(C)C3)cc1. The van der Waals surface area contributed by atoms with Crippen molar-refractivity contribution in [2.24, 2.45) is 5.41 Å². The van der Waals surface area contributed by atoms with Crippen molar-refractivity contribution in [1.82, 2.24) is 5.32 Å². The molecule has 0 saturated carbocycles. The summed E-state index contributed by atoms with van der Waals surface area (Å²) in [6.07, 6.45) is 1.13. The number of benzene rings is 2. The van der Waals surface area contributed by atoms with E-state index in [1.165, 1.54) is 12.1 Å². The highest BCUT2D eigenvalue weighted by molar-refractivity contribution is 6.09. The van der Waals surface area contributed by atoms with E-state index in [4.69, 9.17) is 4.74 Å². The first-order valence-electron chi connectivity index (χ1n) is 10.6. The molecule has 0 unspecified atom stereocenters. The van der Waals surface area contributed by atoms with E-state index in [-0.39, 0.29) is 17.1 Å². The van der Waals surface area contributed by atoms with Gasteiger partial charge in [0.1, 0.15) is 11.6 Å². The molecule has 32 heavy (non-hydrogen) atoms. The number of amides is 1. The Morgan fingerprint density at radius 1 is 1.16 bits per heavy atom. The molecule has 1 aliphatic carbocycles. The Kier molecular flexibility index (Phi) is 5.63. The van der Waals surface area contributed by atoms with E-state index in [1.807, 2.05) is 31.2 Å². The number of methoxy groups -OCH3 is 1. The van der Waals surface area contributed by atoms with E-state index < -0.39 is 11.7 Å². The van der Waals surface area contributed by atoms with Crippen molar-refractivity contribution < 1.29 is 18.7 Å². The van der Waals surface area contributed by atoms with Crippen LogP contribution < -0.4 is 15.4 Å². The summed E-state index contributed by atoms with van der Waals surface area (Å²) in [5.41, 5.74) is 3.66. The maximum Gasteiger partial charge on any atom is 0.254 e. The van der Waals surface area contributed by atoms with E-state index in [9.17, 15) is 14.0 Å². The minimum atomic E-state index is -0.519. The Morgan fingerprint density at radius 3 is 2.53 bits per heavy atom. The van der Waals surface area contributed by atoms with Crippen molar-refractivity contribution in [2.45, 2.75) is 39.5 Å². The normalized spacial score (nSPS) is 19.9. The van der Waals surface area contributed by atoms with Crippen LogP contribution in [0.15, 0.2) is 71.1 Å². The number of rotatable bonds is 4. The van der Waals surface area contributed by atoms with Crippen LogP contribution >= 0.6 is 0 Å². The smallest absolute Gasteiger partial charge is 0.254 e. The highest BCUT2D eigenvalue weighted by Gasteiger charge is 2.42. The Hall–Kier alpha value is -3.41. The molecule has 0 aromatic heterocycles. The molecule has 0 radical (unpaired) electrons. The molecule has 1 aliphatic heterocycles. The summed E-state index contributed by atoms with van der Waals surface area (Å²) < 4.78 is 18.9. The number of dihydropyridines is 1. The predicted molar refractivity (Wildman–Crippen MR) is 122 cm³/mol. The van der Waals surface area contributed by atoms with Gasteiger partial charge in [0.2, 0.25) is 0 Å². The molecule has 2 N–H and O–H groups in total. The lowest BCUT2D eigenvalue weighted by Crippen LogP contribution is -2.39. The number of Topliss-reactive ketones (excluding diaryl/α,β-unsaturated/α-hetero) is 1. The van der Waals surface area contributed by atoms with Gasteiger partial charge in [-0.25, -0.2) is 4.39 Å². The van der Waals surface area contributed by atoms with Crippen molar-refractivity contribution in [3.8, 4) is 5.75 Å². The zero-order valence-corrected chi connectivity index (χ0v) is 18.7. The fourth-order valence-electron chi connectivity index (χ4n) is 4.63. The number of hydrogen-bond acceptors (Lipinski definition) is 4. The highest BCUT2D eigenvalue weighted by atomic mass is 19.1. The molecule has 6 heteroatoms. The third kappa shape index (κ3) is 4.17. The molecule has 5 nitrogen and oxygen atoms in total. The molecule has 1 heterocycles. The van der Waals surface area contributed by atoms with Crippen LogP contribution in [0.4, 0.5) is 10.1 Å². The van der Waals surface area contributed by atoms with E-state index >= 15 is 0 Å². The van der Waals surface area contributed by atoms with Gasteiger partial charge in [0.15, 0.2) is 5.78 Å². The summed E-state index contributed by atoms with van der Waals surface area (Å²) >= 11 is 0. The quantitative estimate of drug-likeness (QED) is 0.705. The molecule has 1 amide bonds. The summed E-state index contributed by atoms with van der Waals surface area (Å²) in [6.45, 7) is 5.99. The van der Waals surface area contributed by atoms with Crippen LogP contribution in [-0.4, -0.2) is 18.8 Å². The standard InChI is InChI=1S/C26H27FN2O3/c1-15-22(25(31)29-18-7-5-6-17(27)12-18)23(16-8-10-19(32-4)11-9-16)24-20(28-15)13-26(2,3)14-21(24)30/h5-12,23,28H,13-14H2,1-4H3,(H,29,31)/t23-/m1/s1. The minimum Gasteiger partial charge on any atom is -0.497 e. The molecule has 2 aliphatic rings. The summed E-state index contributed by atoms with van der Waals surface area (Å²) in [4.78, 5) is 26.7. The number of carbonyl (C=O) groups excluding carboxylic acids is 2. The van der Waals surface area contributed by atoms with E-state index in [2.05, 4.69) is 24.5 Å². The van der Waals surface area contributed by atoms with Crippen molar-refractivity contribution >= 4 is 17.4 Å². The molecule has 0 fully saturated rings. The predicted octanol–water partition coefficient (Wildman–Crippen LogP) is 5.08. The summed E-state index contributed by atoms with van der Waals surface area (Å²) in [6, 6.07) is 13.2. The van der Waals surface area contributed by atoms with Crippen molar-refractivity contribution in [3.63, 3.8) is 0 Å². The second-order valence-electron chi connectivity index (χ2n) is 9.17. The number of allylic oxidation sites excluding steroid dienone is 3. The Balaban J connectivity index is 1.80. The van der Waals surface area contributed by atoms with Gasteiger partial charge in [0.05, 0.1) is 7.11 Å². The summed E-state index contributed by atoms with van der Waals surface area (Å²) in [7, 11) is 1.59. The monoisotopic (exact) mass is 434 g/mol. The van der Waals surface area contributed by atoms with Crippen molar-refractivity contribution in [2.75, 3.05) is 12.4 Å². The third-order valence-electron chi connectivity index (χ3n) is 6.02. The molecule has 4 rings (SSSR count). The highest BCUT2D eigenvalue weighted by Crippen LogP contribution is 2.46. The second-order valence-corrected chi connectivity index (χ2v) is 9.17. The Morgan fingerprint density at radius 2 is 1.88 bits per heavy atom. The van der Waals surface area contributed by atoms with Crippen LogP contribution in [0, 0.1) is 11.2 Å². The summed E-state index contributed by atoms with van der Waals surface area (Å²) in [5, 5.41) is 6.13. The van der Waals surface area contributed by atoms with Gasteiger partial charge < -0.3 is 15.4 Å². The lowest BCUT2D eigenvalue weighted by Gasteiger charge is -2.39. The number of halogens is 1. The number of nitrogens with one attached hydrogen (secondary N) is 2. The van der Waals surface area contributed by atoms with Crippen LogP contribution in [0.3, 0.4) is 0 Å². The van der Waals surface area contributed by atoms with Gasteiger partial charge in [-0.3, -0.25) is 9.59 Å². The van der Waals surface area contributed by atoms with Gasteiger partial charge in [-0.15, -0.1) is 0 Å². The molecule has 0 bridgehead atoms. The largest absolute Gasteiger partial charge is 0.497 e. The molecule has 0 spiro atoms. The second kappa shape index (κ2) is 8.26. The first kappa shape index (κ1) is 21.8. The number of carbonyl (C=O) groups is 2. The number of hydrogen-bond donors (Lipinski definition) is 2. The topological polar surface area (TPSA) is 67.4 Å². The number of ether oxygens (including phenoxy) is 1.